The molecule has 140 valence electrons. The van der Waals surface area contributed by atoms with Gasteiger partial charge < -0.3 is 4.74 Å². The second-order valence-electron chi connectivity index (χ2n) is 5.32. The summed E-state index contributed by atoms with van der Waals surface area (Å²) in [6, 6.07) is 11.5. The molecule has 0 aliphatic rings. The maximum Gasteiger partial charge on any atom is 0.433 e. The number of aromatic nitrogens is 2. The number of para-hydroxylation sites is 1. The van der Waals surface area contributed by atoms with Gasteiger partial charge in [-0.3, -0.25) is 0 Å². The van der Waals surface area contributed by atoms with Crippen LogP contribution in [0.1, 0.15) is 11.3 Å². The summed E-state index contributed by atoms with van der Waals surface area (Å²) in [5, 5.41) is -0.222. The number of alkyl halides is 3. The van der Waals surface area contributed by atoms with Crippen molar-refractivity contribution in [3.8, 4) is 11.6 Å². The van der Waals surface area contributed by atoms with Gasteiger partial charge in [0.1, 0.15) is 5.82 Å². The van der Waals surface area contributed by atoms with E-state index in [0.29, 0.717) is 11.6 Å². The molecule has 1 heterocycles. The summed E-state index contributed by atoms with van der Waals surface area (Å²) in [5.74, 6) is -1.74. The molecule has 3 nitrogen and oxygen atoms in total. The van der Waals surface area contributed by atoms with E-state index in [4.69, 9.17) is 4.74 Å². The van der Waals surface area contributed by atoms with E-state index in [-0.39, 0.29) is 16.7 Å². The van der Waals surface area contributed by atoms with Crippen molar-refractivity contribution in [3.63, 3.8) is 0 Å². The molecule has 0 atom stereocenters. The van der Waals surface area contributed by atoms with E-state index in [1.807, 2.05) is 0 Å². The van der Waals surface area contributed by atoms with Crippen LogP contribution >= 0.6 is 11.8 Å². The first kappa shape index (κ1) is 19.1. The average Bonchev–Trinajstić information content (AvgIpc) is 2.61. The van der Waals surface area contributed by atoms with Gasteiger partial charge in [-0.25, -0.2) is 13.8 Å². The molecule has 0 saturated heterocycles. The molecule has 0 saturated carbocycles. The van der Waals surface area contributed by atoms with Crippen molar-refractivity contribution < 1.29 is 26.7 Å². The zero-order valence-corrected chi connectivity index (χ0v) is 14.3. The molecule has 3 rings (SSSR count). The Morgan fingerprint density at radius 2 is 1.70 bits per heavy atom. The van der Waals surface area contributed by atoms with Crippen LogP contribution in [-0.4, -0.2) is 9.97 Å². The van der Waals surface area contributed by atoms with Gasteiger partial charge in [-0.05, 0) is 29.8 Å². The fraction of sp³-hybridized carbons (Fsp3) is 0.111. The molecular formula is C18H11F5N2OS. The van der Waals surface area contributed by atoms with Gasteiger partial charge in [-0.2, -0.15) is 18.2 Å². The molecule has 0 spiro atoms. The largest absolute Gasteiger partial charge is 0.436 e. The number of thioether (sulfide) groups is 1. The highest BCUT2D eigenvalue weighted by atomic mass is 32.2. The first-order chi connectivity index (χ1) is 12.8. The van der Waals surface area contributed by atoms with Crippen LogP contribution in [0.4, 0.5) is 22.0 Å². The number of rotatable bonds is 5. The third-order valence-corrected chi connectivity index (χ3v) is 4.20. The fourth-order valence-corrected chi connectivity index (χ4v) is 2.87. The summed E-state index contributed by atoms with van der Waals surface area (Å²) >= 11 is 0.879. The van der Waals surface area contributed by atoms with Crippen molar-refractivity contribution in [1.29, 1.82) is 0 Å². The lowest BCUT2D eigenvalue weighted by molar-refractivity contribution is -0.141. The standard InChI is InChI=1S/C18H11F5N2OS/c19-12-5-3-4-11(8-12)10-27-17-24-15(18(21,22)23)9-16(25-17)26-14-7-2-1-6-13(14)20/h1-9H,10H2. The lowest BCUT2D eigenvalue weighted by Gasteiger charge is -2.11. The van der Waals surface area contributed by atoms with Gasteiger partial charge >= 0.3 is 6.18 Å². The molecule has 0 amide bonds. The van der Waals surface area contributed by atoms with Crippen LogP contribution in [0.5, 0.6) is 11.6 Å². The number of ether oxygens (including phenoxy) is 1. The average molecular weight is 398 g/mol. The van der Waals surface area contributed by atoms with E-state index >= 15 is 0 Å². The topological polar surface area (TPSA) is 35.0 Å². The maximum atomic E-state index is 13.7. The number of halogens is 5. The maximum absolute atomic E-state index is 13.7. The molecule has 1 aromatic heterocycles. The molecule has 0 unspecified atom stereocenters. The Morgan fingerprint density at radius 1 is 0.926 bits per heavy atom. The summed E-state index contributed by atoms with van der Waals surface area (Å²) in [5.41, 5.74) is -0.664. The highest BCUT2D eigenvalue weighted by Gasteiger charge is 2.34. The van der Waals surface area contributed by atoms with Crippen molar-refractivity contribution in [2.24, 2.45) is 0 Å². The lowest BCUT2D eigenvalue weighted by Crippen LogP contribution is -2.10. The van der Waals surface area contributed by atoms with Crippen molar-refractivity contribution in [2.45, 2.75) is 17.1 Å². The summed E-state index contributed by atoms with van der Waals surface area (Å²) in [6.45, 7) is 0. The van der Waals surface area contributed by atoms with Crippen LogP contribution in [0.15, 0.2) is 59.8 Å². The van der Waals surface area contributed by atoms with E-state index in [1.54, 1.807) is 6.07 Å². The van der Waals surface area contributed by atoms with Crippen molar-refractivity contribution in [3.05, 3.63) is 77.5 Å². The van der Waals surface area contributed by atoms with Crippen molar-refractivity contribution in [1.82, 2.24) is 9.97 Å². The first-order valence-electron chi connectivity index (χ1n) is 7.57. The van der Waals surface area contributed by atoms with Crippen LogP contribution in [0.3, 0.4) is 0 Å². The van der Waals surface area contributed by atoms with E-state index in [2.05, 4.69) is 9.97 Å². The second-order valence-corrected chi connectivity index (χ2v) is 6.27. The third kappa shape index (κ3) is 5.16. The minimum atomic E-state index is -4.73. The van der Waals surface area contributed by atoms with Crippen LogP contribution < -0.4 is 4.74 Å². The van der Waals surface area contributed by atoms with E-state index in [9.17, 15) is 22.0 Å². The minimum Gasteiger partial charge on any atom is -0.436 e. The lowest BCUT2D eigenvalue weighted by atomic mass is 10.2. The molecule has 27 heavy (non-hydrogen) atoms. The molecule has 0 bridgehead atoms. The summed E-state index contributed by atoms with van der Waals surface area (Å²) in [6.07, 6.45) is -4.73. The highest BCUT2D eigenvalue weighted by molar-refractivity contribution is 7.98. The molecular weight excluding hydrogens is 387 g/mol. The first-order valence-corrected chi connectivity index (χ1v) is 8.56. The van der Waals surface area contributed by atoms with Gasteiger partial charge in [-0.15, -0.1) is 0 Å². The third-order valence-electron chi connectivity index (χ3n) is 3.28. The number of hydrogen-bond acceptors (Lipinski definition) is 4. The normalized spacial score (nSPS) is 11.4. The van der Waals surface area contributed by atoms with Crippen LogP contribution in [0.25, 0.3) is 0 Å². The van der Waals surface area contributed by atoms with Gasteiger partial charge in [0.25, 0.3) is 0 Å². The Bertz CT molecular complexity index is 949. The molecule has 0 aliphatic heterocycles. The predicted octanol–water partition coefficient (Wildman–Crippen LogP) is 5.86. The Labute approximate surface area is 155 Å². The molecule has 0 aliphatic carbocycles. The molecule has 0 N–H and O–H groups in total. The second kappa shape index (κ2) is 7.91. The summed E-state index contributed by atoms with van der Waals surface area (Å²) < 4.78 is 71.4. The van der Waals surface area contributed by atoms with E-state index < -0.39 is 29.4 Å². The Kier molecular flexibility index (Phi) is 5.59. The summed E-state index contributed by atoms with van der Waals surface area (Å²) in [7, 11) is 0. The fourth-order valence-electron chi connectivity index (χ4n) is 2.08. The van der Waals surface area contributed by atoms with Crippen LogP contribution in [0, 0.1) is 11.6 Å². The number of benzene rings is 2. The molecule has 0 radical (unpaired) electrons. The van der Waals surface area contributed by atoms with Crippen LogP contribution in [-0.2, 0) is 11.9 Å². The van der Waals surface area contributed by atoms with Gasteiger partial charge in [-0.1, -0.05) is 36.0 Å². The Morgan fingerprint density at radius 3 is 2.41 bits per heavy atom. The monoisotopic (exact) mass is 398 g/mol. The predicted molar refractivity (Wildman–Crippen MR) is 89.5 cm³/mol. The highest BCUT2D eigenvalue weighted by Crippen LogP contribution is 2.33. The molecule has 3 aromatic rings. The van der Waals surface area contributed by atoms with Gasteiger partial charge in [0, 0.05) is 11.8 Å². The minimum absolute atomic E-state index is 0.151. The number of hydrogen-bond donors (Lipinski definition) is 0. The van der Waals surface area contributed by atoms with Crippen LogP contribution in [0.2, 0.25) is 0 Å². The Hall–Kier alpha value is -2.68. The SMILES string of the molecule is Fc1cccc(CSc2nc(Oc3ccccc3F)cc(C(F)(F)F)n2)c1. The van der Waals surface area contributed by atoms with Gasteiger partial charge in [0.15, 0.2) is 22.4 Å². The quantitative estimate of drug-likeness (QED) is 0.306. The van der Waals surface area contributed by atoms with Gasteiger partial charge in [0.2, 0.25) is 5.88 Å². The van der Waals surface area contributed by atoms with E-state index in [0.717, 1.165) is 17.8 Å². The molecule has 9 heteroatoms. The zero-order valence-electron chi connectivity index (χ0n) is 13.5. The van der Waals surface area contributed by atoms with Gasteiger partial charge in [0.05, 0.1) is 0 Å². The zero-order chi connectivity index (χ0) is 19.4. The number of nitrogens with zero attached hydrogens (tertiary/aromatic N) is 2. The van der Waals surface area contributed by atoms with Crippen molar-refractivity contribution in [2.75, 3.05) is 0 Å². The molecule has 0 fully saturated rings. The van der Waals surface area contributed by atoms with E-state index in [1.165, 1.54) is 36.4 Å². The Balaban J connectivity index is 1.87. The summed E-state index contributed by atoms with van der Waals surface area (Å²) in [4.78, 5) is 7.36. The molecule has 2 aromatic carbocycles. The smallest absolute Gasteiger partial charge is 0.433 e. The van der Waals surface area contributed by atoms with Crippen molar-refractivity contribution >= 4 is 11.8 Å².